The van der Waals surface area contributed by atoms with Crippen molar-refractivity contribution in [3.05, 3.63) is 24.5 Å². The van der Waals surface area contributed by atoms with Crippen molar-refractivity contribution < 1.29 is 19.1 Å². The molecule has 7 heteroatoms. The molecule has 2 saturated heterocycles. The minimum absolute atomic E-state index is 0.00806. The van der Waals surface area contributed by atoms with Gasteiger partial charge >= 0.3 is 6.09 Å². The molecule has 7 nitrogen and oxygen atoms in total. The summed E-state index contributed by atoms with van der Waals surface area (Å²) in [6.07, 6.45) is 4.67. The van der Waals surface area contributed by atoms with E-state index >= 15 is 0 Å². The number of carbonyl (C=O) groups is 2. The number of hydrogen-bond donors (Lipinski definition) is 0. The highest BCUT2D eigenvalue weighted by Crippen LogP contribution is 2.24. The van der Waals surface area contributed by atoms with Gasteiger partial charge in [-0.15, -0.1) is 0 Å². The Bertz CT molecular complexity index is 638. The van der Waals surface area contributed by atoms with Crippen molar-refractivity contribution in [2.75, 3.05) is 26.2 Å². The van der Waals surface area contributed by atoms with Crippen molar-refractivity contribution in [2.45, 2.75) is 45.3 Å². The lowest BCUT2D eigenvalue weighted by Crippen LogP contribution is -2.59. The molecule has 2 aliphatic rings. The lowest BCUT2D eigenvalue weighted by Gasteiger charge is -2.42. The molecule has 26 heavy (non-hydrogen) atoms. The van der Waals surface area contributed by atoms with Crippen molar-refractivity contribution in [3.8, 4) is 5.75 Å². The maximum absolute atomic E-state index is 12.7. The van der Waals surface area contributed by atoms with Crippen LogP contribution in [0.5, 0.6) is 5.75 Å². The highest BCUT2D eigenvalue weighted by Gasteiger charge is 2.38. The zero-order valence-corrected chi connectivity index (χ0v) is 15.7. The molecule has 0 aromatic carbocycles. The first-order valence-electron chi connectivity index (χ1n) is 9.15. The Hall–Kier alpha value is -2.31. The van der Waals surface area contributed by atoms with E-state index in [4.69, 9.17) is 9.47 Å². The van der Waals surface area contributed by atoms with E-state index in [0.29, 0.717) is 26.2 Å². The fourth-order valence-electron chi connectivity index (χ4n) is 3.23. The quantitative estimate of drug-likeness (QED) is 0.826. The average molecular weight is 361 g/mol. The molecule has 0 unspecified atom stereocenters. The Morgan fingerprint density at radius 1 is 1.19 bits per heavy atom. The summed E-state index contributed by atoms with van der Waals surface area (Å²) in [7, 11) is 0. The van der Waals surface area contributed by atoms with Gasteiger partial charge in [0, 0.05) is 19.3 Å². The monoisotopic (exact) mass is 361 g/mol. The van der Waals surface area contributed by atoms with Gasteiger partial charge < -0.3 is 19.3 Å². The molecule has 142 valence electrons. The second-order valence-electron chi connectivity index (χ2n) is 7.94. The maximum Gasteiger partial charge on any atom is 0.410 e. The van der Waals surface area contributed by atoms with Crippen molar-refractivity contribution in [1.82, 2.24) is 14.8 Å². The molecule has 0 bridgehead atoms. The Kier molecular flexibility index (Phi) is 5.34. The third-order valence-electron chi connectivity index (χ3n) is 4.52. The van der Waals surface area contributed by atoms with Crippen LogP contribution in [0.3, 0.4) is 0 Å². The summed E-state index contributed by atoms with van der Waals surface area (Å²) in [5.41, 5.74) is -0.525. The van der Waals surface area contributed by atoms with Crippen LogP contribution in [-0.2, 0) is 9.53 Å². The van der Waals surface area contributed by atoms with Gasteiger partial charge in [-0.25, -0.2) is 4.79 Å². The lowest BCUT2D eigenvalue weighted by molar-refractivity contribution is -0.146. The zero-order valence-electron chi connectivity index (χ0n) is 15.7. The lowest BCUT2D eigenvalue weighted by atomic mass is 9.95. The molecule has 3 rings (SSSR count). The SMILES string of the molecule is CC(C)(C)OC(=O)N1CCC[C@@H](C(=O)N2CC(Oc3cccnc3)C2)C1. The van der Waals surface area contributed by atoms with E-state index in [0.717, 1.165) is 18.6 Å². The van der Waals surface area contributed by atoms with Crippen LogP contribution < -0.4 is 4.74 Å². The van der Waals surface area contributed by atoms with Crippen LogP contribution in [0.1, 0.15) is 33.6 Å². The number of hydrogen-bond acceptors (Lipinski definition) is 5. The zero-order chi connectivity index (χ0) is 18.7. The second-order valence-corrected chi connectivity index (χ2v) is 7.94. The first kappa shape index (κ1) is 18.5. The third-order valence-corrected chi connectivity index (χ3v) is 4.52. The highest BCUT2D eigenvalue weighted by molar-refractivity contribution is 5.81. The van der Waals surface area contributed by atoms with Crippen molar-refractivity contribution in [2.24, 2.45) is 5.92 Å². The van der Waals surface area contributed by atoms with Crippen LogP contribution in [0.2, 0.25) is 0 Å². The third kappa shape index (κ3) is 4.65. The Balaban J connectivity index is 1.47. The highest BCUT2D eigenvalue weighted by atomic mass is 16.6. The molecule has 2 amide bonds. The largest absolute Gasteiger partial charge is 0.485 e. The van der Waals surface area contributed by atoms with Crippen LogP contribution >= 0.6 is 0 Å². The number of piperidine rings is 1. The summed E-state index contributed by atoms with van der Waals surface area (Å²) in [6, 6.07) is 3.68. The second kappa shape index (κ2) is 7.51. The average Bonchev–Trinajstić information content (AvgIpc) is 2.57. The first-order chi connectivity index (χ1) is 12.3. The van der Waals surface area contributed by atoms with Crippen molar-refractivity contribution in [3.63, 3.8) is 0 Å². The number of pyridine rings is 1. The van der Waals surface area contributed by atoms with E-state index < -0.39 is 5.60 Å². The summed E-state index contributed by atoms with van der Waals surface area (Å²) in [4.78, 5) is 32.4. The van der Waals surface area contributed by atoms with Crippen molar-refractivity contribution >= 4 is 12.0 Å². The van der Waals surface area contributed by atoms with Gasteiger partial charge in [-0.1, -0.05) is 0 Å². The Morgan fingerprint density at radius 3 is 2.62 bits per heavy atom. The van der Waals surface area contributed by atoms with E-state index in [1.54, 1.807) is 17.3 Å². The summed E-state index contributed by atoms with van der Waals surface area (Å²) in [6.45, 7) is 7.77. The van der Waals surface area contributed by atoms with Crippen LogP contribution in [0.25, 0.3) is 0 Å². The Labute approximate surface area is 154 Å². The molecular formula is C19H27N3O4. The molecule has 0 radical (unpaired) electrons. The van der Waals surface area contributed by atoms with E-state index in [2.05, 4.69) is 4.98 Å². The number of carbonyl (C=O) groups excluding carboxylic acids is 2. The molecule has 0 N–H and O–H groups in total. The normalized spacial score (nSPS) is 21.1. The number of nitrogens with zero attached hydrogens (tertiary/aromatic N) is 3. The number of likely N-dealkylation sites (tertiary alicyclic amines) is 2. The summed E-state index contributed by atoms with van der Waals surface area (Å²) in [5.74, 6) is 0.665. The van der Waals surface area contributed by atoms with Crippen LogP contribution in [0.4, 0.5) is 4.79 Å². The first-order valence-corrected chi connectivity index (χ1v) is 9.15. The van der Waals surface area contributed by atoms with Crippen LogP contribution in [0.15, 0.2) is 24.5 Å². The molecule has 2 fully saturated rings. The Morgan fingerprint density at radius 2 is 1.96 bits per heavy atom. The molecule has 0 spiro atoms. The molecule has 0 aliphatic carbocycles. The van der Waals surface area contributed by atoms with Gasteiger partial charge in [-0.05, 0) is 45.7 Å². The molecule has 3 heterocycles. The predicted molar refractivity (Wildman–Crippen MR) is 95.8 cm³/mol. The fourth-order valence-corrected chi connectivity index (χ4v) is 3.23. The minimum atomic E-state index is -0.525. The van der Waals surface area contributed by atoms with Gasteiger partial charge in [0.1, 0.15) is 17.5 Å². The van der Waals surface area contributed by atoms with Gasteiger partial charge in [-0.2, -0.15) is 0 Å². The number of amides is 2. The van der Waals surface area contributed by atoms with Crippen LogP contribution in [-0.4, -0.2) is 64.7 Å². The molecule has 2 aliphatic heterocycles. The van der Waals surface area contributed by atoms with E-state index in [1.165, 1.54) is 0 Å². The van der Waals surface area contributed by atoms with E-state index in [-0.39, 0.29) is 24.0 Å². The summed E-state index contributed by atoms with van der Waals surface area (Å²) >= 11 is 0. The van der Waals surface area contributed by atoms with Crippen molar-refractivity contribution in [1.29, 1.82) is 0 Å². The maximum atomic E-state index is 12.7. The summed E-state index contributed by atoms with van der Waals surface area (Å²) in [5, 5.41) is 0. The van der Waals surface area contributed by atoms with Gasteiger partial charge in [0.15, 0.2) is 0 Å². The number of aromatic nitrogens is 1. The molecule has 1 aromatic heterocycles. The van der Waals surface area contributed by atoms with Gasteiger partial charge in [-0.3, -0.25) is 9.78 Å². The summed E-state index contributed by atoms with van der Waals surface area (Å²) < 4.78 is 11.2. The van der Waals surface area contributed by atoms with Gasteiger partial charge in [0.2, 0.25) is 5.91 Å². The van der Waals surface area contributed by atoms with E-state index in [9.17, 15) is 9.59 Å². The topological polar surface area (TPSA) is 72.0 Å². The minimum Gasteiger partial charge on any atom is -0.485 e. The van der Waals surface area contributed by atoms with Gasteiger partial charge in [0.25, 0.3) is 0 Å². The fraction of sp³-hybridized carbons (Fsp3) is 0.632. The molecule has 1 aromatic rings. The number of ether oxygens (including phenoxy) is 2. The van der Waals surface area contributed by atoms with Gasteiger partial charge in [0.05, 0.1) is 25.2 Å². The van der Waals surface area contributed by atoms with Crippen LogP contribution in [0, 0.1) is 5.92 Å². The molecule has 1 atom stereocenters. The smallest absolute Gasteiger partial charge is 0.410 e. The molecular weight excluding hydrogens is 334 g/mol. The standard InChI is InChI=1S/C19H27N3O4/c1-19(2,3)26-18(24)21-9-5-6-14(11-21)17(23)22-12-16(13-22)25-15-7-4-8-20-10-15/h4,7-8,10,14,16H,5-6,9,11-13H2,1-3H3/t14-/m1/s1. The van der Waals surface area contributed by atoms with E-state index in [1.807, 2.05) is 37.8 Å². The predicted octanol–water partition coefficient (Wildman–Crippen LogP) is 2.32. The number of rotatable bonds is 3. The molecule has 0 saturated carbocycles.